The minimum Gasteiger partial charge on any atom is -0.481 e. The Labute approximate surface area is 124 Å². The number of amides is 2. The third-order valence-electron chi connectivity index (χ3n) is 3.14. The molecule has 0 aromatic heterocycles. The minimum atomic E-state index is -0.964. The smallest absolute Gasteiger partial charge is 0.319 e. The van der Waals surface area contributed by atoms with Gasteiger partial charge in [0.2, 0.25) is 0 Å². The number of aryl methyl sites for hydroxylation is 3. The molecule has 0 saturated carbocycles. The number of methoxy groups -OCH3 is 1. The van der Waals surface area contributed by atoms with E-state index in [0.717, 1.165) is 22.4 Å². The number of anilines is 1. The lowest BCUT2D eigenvalue weighted by molar-refractivity contribution is -0.139. The summed E-state index contributed by atoms with van der Waals surface area (Å²) in [6.07, 6.45) is -0.701. The lowest BCUT2D eigenvalue weighted by atomic mass is 10.1. The molecule has 6 nitrogen and oxygen atoms in total. The van der Waals surface area contributed by atoms with Gasteiger partial charge in [-0.15, -0.1) is 0 Å². The molecule has 0 bridgehead atoms. The molecule has 0 radical (unpaired) electrons. The number of carbonyl (C=O) groups excluding carboxylic acids is 1. The van der Waals surface area contributed by atoms with Crippen LogP contribution in [0.1, 0.15) is 23.1 Å². The van der Waals surface area contributed by atoms with E-state index in [0.29, 0.717) is 0 Å². The van der Waals surface area contributed by atoms with Crippen molar-refractivity contribution in [2.75, 3.05) is 19.0 Å². The average Bonchev–Trinajstić information content (AvgIpc) is 2.38. The number of rotatable bonds is 6. The van der Waals surface area contributed by atoms with Crippen LogP contribution in [-0.4, -0.2) is 36.9 Å². The Kier molecular flexibility index (Phi) is 6.17. The van der Waals surface area contributed by atoms with Gasteiger partial charge in [-0.3, -0.25) is 4.79 Å². The van der Waals surface area contributed by atoms with Crippen LogP contribution in [-0.2, 0) is 9.53 Å². The van der Waals surface area contributed by atoms with Gasteiger partial charge in [-0.1, -0.05) is 17.7 Å². The van der Waals surface area contributed by atoms with Crippen molar-refractivity contribution >= 4 is 17.7 Å². The van der Waals surface area contributed by atoms with Crippen molar-refractivity contribution in [3.63, 3.8) is 0 Å². The largest absolute Gasteiger partial charge is 0.481 e. The Morgan fingerprint density at radius 1 is 1.24 bits per heavy atom. The number of nitrogens with one attached hydrogen (secondary N) is 2. The van der Waals surface area contributed by atoms with Crippen LogP contribution in [0.3, 0.4) is 0 Å². The zero-order valence-corrected chi connectivity index (χ0v) is 12.8. The van der Waals surface area contributed by atoms with E-state index in [9.17, 15) is 9.59 Å². The first-order chi connectivity index (χ1) is 9.83. The second kappa shape index (κ2) is 7.64. The van der Waals surface area contributed by atoms with E-state index in [1.807, 2.05) is 32.9 Å². The molecule has 116 valence electrons. The molecule has 21 heavy (non-hydrogen) atoms. The number of benzene rings is 1. The maximum Gasteiger partial charge on any atom is 0.319 e. The molecule has 0 aliphatic heterocycles. The fourth-order valence-electron chi connectivity index (χ4n) is 2.18. The van der Waals surface area contributed by atoms with Crippen LogP contribution in [0.4, 0.5) is 10.5 Å². The molecule has 3 N–H and O–H groups in total. The topological polar surface area (TPSA) is 87.7 Å². The molecule has 0 aliphatic carbocycles. The third kappa shape index (κ3) is 5.43. The molecule has 1 unspecified atom stereocenters. The first-order valence-corrected chi connectivity index (χ1v) is 6.70. The number of hydrogen-bond donors (Lipinski definition) is 3. The zero-order chi connectivity index (χ0) is 16.0. The van der Waals surface area contributed by atoms with Crippen molar-refractivity contribution in [3.05, 3.63) is 28.8 Å². The van der Waals surface area contributed by atoms with Crippen LogP contribution in [0.25, 0.3) is 0 Å². The van der Waals surface area contributed by atoms with Gasteiger partial charge >= 0.3 is 12.0 Å². The second-order valence-corrected chi connectivity index (χ2v) is 5.06. The monoisotopic (exact) mass is 294 g/mol. The number of carboxylic acid groups (broad SMARTS) is 1. The first kappa shape index (κ1) is 17.0. The maximum absolute atomic E-state index is 11.9. The number of carboxylic acids is 1. The predicted octanol–water partition coefficient (Wildman–Crippen LogP) is 2.22. The van der Waals surface area contributed by atoms with Crippen molar-refractivity contribution in [2.24, 2.45) is 0 Å². The van der Waals surface area contributed by atoms with Gasteiger partial charge in [-0.05, 0) is 31.9 Å². The van der Waals surface area contributed by atoms with Crippen LogP contribution in [0.5, 0.6) is 0 Å². The summed E-state index contributed by atoms with van der Waals surface area (Å²) in [5.41, 5.74) is 3.87. The standard InChI is InChI=1S/C15H22N2O4/c1-9-5-10(2)14(11(3)6-9)17-15(20)16-8-12(21-4)7-13(18)19/h5-6,12H,7-8H2,1-4H3,(H,18,19)(H2,16,17,20). The summed E-state index contributed by atoms with van der Waals surface area (Å²) in [7, 11) is 1.42. The van der Waals surface area contributed by atoms with Gasteiger partial charge in [-0.25, -0.2) is 4.79 Å². The minimum absolute atomic E-state index is 0.137. The molecular weight excluding hydrogens is 272 g/mol. The van der Waals surface area contributed by atoms with E-state index in [4.69, 9.17) is 9.84 Å². The highest BCUT2D eigenvalue weighted by Crippen LogP contribution is 2.21. The lowest BCUT2D eigenvalue weighted by Crippen LogP contribution is -2.37. The molecule has 0 aliphatic rings. The van der Waals surface area contributed by atoms with Crippen molar-refractivity contribution in [1.82, 2.24) is 5.32 Å². The Morgan fingerprint density at radius 3 is 2.29 bits per heavy atom. The molecule has 6 heteroatoms. The summed E-state index contributed by atoms with van der Waals surface area (Å²) < 4.78 is 5.00. The molecule has 0 spiro atoms. The zero-order valence-electron chi connectivity index (χ0n) is 12.8. The summed E-state index contributed by atoms with van der Waals surface area (Å²) in [6.45, 7) is 5.99. The average molecular weight is 294 g/mol. The van der Waals surface area contributed by atoms with Gasteiger partial charge < -0.3 is 20.5 Å². The van der Waals surface area contributed by atoms with E-state index >= 15 is 0 Å². The summed E-state index contributed by atoms with van der Waals surface area (Å²) in [4.78, 5) is 22.5. The number of urea groups is 1. The van der Waals surface area contributed by atoms with E-state index in [1.165, 1.54) is 7.11 Å². The van der Waals surface area contributed by atoms with Gasteiger partial charge in [0.1, 0.15) is 0 Å². The molecular formula is C15H22N2O4. The fraction of sp³-hybridized carbons (Fsp3) is 0.467. The summed E-state index contributed by atoms with van der Waals surface area (Å²) in [5, 5.41) is 14.1. The number of ether oxygens (including phenoxy) is 1. The quantitative estimate of drug-likeness (QED) is 0.750. The fourth-order valence-corrected chi connectivity index (χ4v) is 2.18. The van der Waals surface area contributed by atoms with Crippen LogP contribution in [0.2, 0.25) is 0 Å². The van der Waals surface area contributed by atoms with E-state index in [1.54, 1.807) is 0 Å². The molecule has 1 atom stereocenters. The highest BCUT2D eigenvalue weighted by Gasteiger charge is 2.14. The van der Waals surface area contributed by atoms with E-state index in [-0.39, 0.29) is 19.0 Å². The van der Waals surface area contributed by atoms with Crippen molar-refractivity contribution < 1.29 is 19.4 Å². The molecule has 1 aromatic rings. The van der Waals surface area contributed by atoms with E-state index in [2.05, 4.69) is 10.6 Å². The highest BCUT2D eigenvalue weighted by molar-refractivity contribution is 5.91. The SMILES string of the molecule is COC(CNC(=O)Nc1c(C)cc(C)cc1C)CC(=O)O. The molecule has 2 amide bonds. The molecule has 1 aromatic carbocycles. The van der Waals surface area contributed by atoms with Gasteiger partial charge in [0.15, 0.2) is 0 Å². The summed E-state index contributed by atoms with van der Waals surface area (Å²) >= 11 is 0. The molecule has 1 rings (SSSR count). The van der Waals surface area contributed by atoms with Gasteiger partial charge in [0.25, 0.3) is 0 Å². The van der Waals surface area contributed by atoms with Gasteiger partial charge in [0.05, 0.1) is 12.5 Å². The number of hydrogen-bond acceptors (Lipinski definition) is 3. The number of carbonyl (C=O) groups is 2. The van der Waals surface area contributed by atoms with Crippen molar-refractivity contribution in [1.29, 1.82) is 0 Å². The van der Waals surface area contributed by atoms with Crippen LogP contribution >= 0.6 is 0 Å². The van der Waals surface area contributed by atoms with Crippen molar-refractivity contribution in [2.45, 2.75) is 33.3 Å². The Hall–Kier alpha value is -2.08. The summed E-state index contributed by atoms with van der Waals surface area (Å²) in [5.74, 6) is -0.964. The molecule has 0 fully saturated rings. The van der Waals surface area contributed by atoms with E-state index < -0.39 is 12.1 Å². The van der Waals surface area contributed by atoms with Crippen LogP contribution in [0.15, 0.2) is 12.1 Å². The van der Waals surface area contributed by atoms with Crippen LogP contribution < -0.4 is 10.6 Å². The van der Waals surface area contributed by atoms with Crippen molar-refractivity contribution in [3.8, 4) is 0 Å². The summed E-state index contributed by atoms with van der Waals surface area (Å²) in [6, 6.07) is 3.60. The Balaban J connectivity index is 2.60. The maximum atomic E-state index is 11.9. The Bertz CT molecular complexity index is 505. The normalized spacial score (nSPS) is 11.8. The molecule has 0 heterocycles. The predicted molar refractivity (Wildman–Crippen MR) is 80.7 cm³/mol. The highest BCUT2D eigenvalue weighted by atomic mass is 16.5. The number of aliphatic carboxylic acids is 1. The molecule has 0 saturated heterocycles. The van der Waals surface area contributed by atoms with Gasteiger partial charge in [-0.2, -0.15) is 0 Å². The second-order valence-electron chi connectivity index (χ2n) is 5.06. The van der Waals surface area contributed by atoms with Crippen LogP contribution in [0, 0.1) is 20.8 Å². The first-order valence-electron chi connectivity index (χ1n) is 6.70. The lowest BCUT2D eigenvalue weighted by Gasteiger charge is -2.16. The van der Waals surface area contributed by atoms with Gasteiger partial charge in [0, 0.05) is 19.3 Å². The third-order valence-corrected chi connectivity index (χ3v) is 3.14. The Morgan fingerprint density at radius 2 is 1.81 bits per heavy atom.